The average Bonchev–Trinajstić information content (AvgIpc) is 3.99. The zero-order chi connectivity index (χ0) is 47.3. The first kappa shape index (κ1) is 47.4. The van der Waals surface area contributed by atoms with Crippen LogP contribution in [-0.4, -0.2) is 125 Å². The summed E-state index contributed by atoms with van der Waals surface area (Å²) in [6.07, 6.45) is 10.9. The van der Waals surface area contributed by atoms with Gasteiger partial charge in [-0.05, 0) is 147 Å². The molecule has 14 heteroatoms. The Bertz CT molecular complexity index is 2240. The summed E-state index contributed by atoms with van der Waals surface area (Å²) in [5, 5.41) is 96.7. The zero-order valence-electron chi connectivity index (χ0n) is 39.4. The van der Waals surface area contributed by atoms with Crippen LogP contribution >= 0.6 is 21.6 Å². The van der Waals surface area contributed by atoms with Crippen molar-refractivity contribution in [3.8, 4) is 5.75 Å². The summed E-state index contributed by atoms with van der Waals surface area (Å²) in [5.74, 6) is -1.91. The lowest BCUT2D eigenvalue weighted by molar-refractivity contribution is -0.262. The van der Waals surface area contributed by atoms with Crippen molar-refractivity contribution in [1.29, 1.82) is 0 Å². The standard InChI is InChI=1S/C53H73NO11S2/c1-29(2)30(3)43-45(65-43)52(63)14-5-8-32-21-38-39-23-42(59)51(37-10-6-13-47(38,51)26-48(62,27-57)44(37)60)28-66-67-40(25-56)36-9-4-7-33(24-55)49(36)17-18-54(46(49)61)34-19-31(20-35(58)22-34)11-15-50(32)41(52)12-16-53(39,50)64/h5,8,19-20,22-23,29-30,32-33,36-38,40-41,43-45,55-58,60,62-64H,4,6-7,9-18,21,24-28H2,1-3H3. The molecule has 8 N–H and O–H groups in total. The Morgan fingerprint density at radius 3 is 2.46 bits per heavy atom. The van der Waals surface area contributed by atoms with Crippen molar-refractivity contribution >= 4 is 39.0 Å². The van der Waals surface area contributed by atoms with Crippen LogP contribution in [0.15, 0.2) is 42.0 Å². The third-order valence-corrected chi connectivity index (χ3v) is 24.3. The number of aromatic hydroxyl groups is 1. The number of fused-ring (bicyclic) bond motifs is 1. The first-order chi connectivity index (χ1) is 32.0. The summed E-state index contributed by atoms with van der Waals surface area (Å²) >= 11 is 0. The minimum atomic E-state index is -1.88. The third-order valence-electron chi connectivity index (χ3n) is 21.4. The number of ketones is 1. The van der Waals surface area contributed by atoms with Crippen molar-refractivity contribution in [2.45, 2.75) is 151 Å². The molecule has 5 heterocycles. The molecule has 18 atom stereocenters. The van der Waals surface area contributed by atoms with E-state index in [-0.39, 0.29) is 72.6 Å². The fourth-order valence-corrected chi connectivity index (χ4v) is 21.5. The van der Waals surface area contributed by atoms with E-state index >= 15 is 9.59 Å². The highest BCUT2D eigenvalue weighted by Crippen LogP contribution is 2.78. The number of hydrogen-bond acceptors (Lipinski definition) is 13. The van der Waals surface area contributed by atoms with Gasteiger partial charge in [-0.1, -0.05) is 67.4 Å². The number of hydrogen-bond donors (Lipinski definition) is 8. The predicted molar refractivity (Wildman–Crippen MR) is 256 cm³/mol. The molecular formula is C53H73NO11S2. The molecule has 12 aliphatic rings. The van der Waals surface area contributed by atoms with Crippen LogP contribution in [0.1, 0.15) is 110 Å². The molecule has 67 heavy (non-hydrogen) atoms. The molecule has 7 fully saturated rings. The quantitative estimate of drug-likeness (QED) is 0.101. The largest absolute Gasteiger partial charge is 0.508 e. The van der Waals surface area contributed by atoms with E-state index in [9.17, 15) is 40.9 Å². The maximum atomic E-state index is 15.9. The van der Waals surface area contributed by atoms with Crippen molar-refractivity contribution in [2.75, 3.05) is 37.0 Å². The number of carbonyl (C=O) groups excluding carboxylic acids is 2. The molecule has 0 radical (unpaired) electrons. The van der Waals surface area contributed by atoms with Gasteiger partial charge in [-0.2, -0.15) is 0 Å². The first-order valence-corrected chi connectivity index (χ1v) is 28.0. The Morgan fingerprint density at radius 1 is 0.925 bits per heavy atom. The van der Waals surface area contributed by atoms with E-state index in [2.05, 4.69) is 32.9 Å². The predicted octanol–water partition coefficient (Wildman–Crippen LogP) is 5.50. The van der Waals surface area contributed by atoms with E-state index in [1.807, 2.05) is 6.07 Å². The SMILES string of the molecule is CC(C)C(C)C1OC1C1(O)CC=CC2CC3C4=CC(=O)C5(CSSC(CO)C6CCCC(CO)C67CCN(C7=O)c6cc(O)cc(c6)CCC26C1CCC46O)C1CCCC35CC(O)(CO)C1O. The number of aliphatic hydroxyl groups excluding tert-OH is 4. The molecule has 5 saturated carbocycles. The molecule has 0 aromatic heterocycles. The van der Waals surface area contributed by atoms with E-state index in [0.717, 1.165) is 12.0 Å². The minimum Gasteiger partial charge on any atom is -0.508 e. The topological polar surface area (TPSA) is 212 Å². The second-order valence-electron chi connectivity index (χ2n) is 23.7. The van der Waals surface area contributed by atoms with Gasteiger partial charge in [0.1, 0.15) is 23.1 Å². The number of carbonyl (C=O) groups is 2. The number of aliphatic hydroxyl groups is 7. The molecule has 3 spiro atoms. The molecular weight excluding hydrogens is 891 g/mol. The van der Waals surface area contributed by atoms with Crippen molar-refractivity contribution in [3.63, 3.8) is 0 Å². The van der Waals surface area contributed by atoms with Crippen LogP contribution in [0.25, 0.3) is 0 Å². The molecule has 13 rings (SSSR count). The lowest BCUT2D eigenvalue weighted by Crippen LogP contribution is -2.75. The van der Waals surface area contributed by atoms with Gasteiger partial charge in [0.2, 0.25) is 5.91 Å². The number of benzene rings is 1. The second-order valence-corrected chi connectivity index (χ2v) is 26.3. The molecule has 5 aliphatic heterocycles. The molecule has 10 bridgehead atoms. The molecule has 12 nitrogen and oxygen atoms in total. The average molecular weight is 964 g/mol. The number of rotatable bonds is 6. The Kier molecular flexibility index (Phi) is 11.5. The Balaban J connectivity index is 1.12. The van der Waals surface area contributed by atoms with E-state index in [1.54, 1.807) is 23.1 Å². The second kappa shape index (κ2) is 16.3. The number of phenolic OH excluding ortho intramolecular Hbond substituents is 1. The fourth-order valence-electron chi connectivity index (χ4n) is 18.0. The minimum absolute atomic E-state index is 0.0126. The van der Waals surface area contributed by atoms with Gasteiger partial charge < -0.3 is 50.5 Å². The maximum Gasteiger partial charge on any atom is 0.233 e. The molecule has 368 valence electrons. The van der Waals surface area contributed by atoms with Crippen LogP contribution in [0.2, 0.25) is 0 Å². The van der Waals surface area contributed by atoms with Crippen LogP contribution in [-0.2, 0) is 20.7 Å². The van der Waals surface area contributed by atoms with E-state index in [4.69, 9.17) is 4.74 Å². The molecule has 1 aromatic carbocycles. The summed E-state index contributed by atoms with van der Waals surface area (Å²) in [4.78, 5) is 33.0. The van der Waals surface area contributed by atoms with Crippen LogP contribution in [0.4, 0.5) is 5.69 Å². The Morgan fingerprint density at radius 2 is 1.72 bits per heavy atom. The molecule has 7 aliphatic carbocycles. The highest BCUT2D eigenvalue weighted by Gasteiger charge is 2.80. The van der Waals surface area contributed by atoms with Gasteiger partial charge in [-0.3, -0.25) is 9.59 Å². The highest BCUT2D eigenvalue weighted by molar-refractivity contribution is 8.77. The molecule has 18 unspecified atom stereocenters. The smallest absolute Gasteiger partial charge is 0.233 e. The van der Waals surface area contributed by atoms with Gasteiger partial charge in [0, 0.05) is 53.2 Å². The number of phenols is 1. The van der Waals surface area contributed by atoms with Crippen molar-refractivity contribution < 1.29 is 55.2 Å². The van der Waals surface area contributed by atoms with Crippen molar-refractivity contribution in [2.24, 2.45) is 69.0 Å². The lowest BCUT2D eigenvalue weighted by atomic mass is 9.33. The summed E-state index contributed by atoms with van der Waals surface area (Å²) in [6.45, 7) is 5.83. The van der Waals surface area contributed by atoms with Gasteiger partial charge in [-0.25, -0.2) is 0 Å². The van der Waals surface area contributed by atoms with Crippen molar-refractivity contribution in [3.05, 3.63) is 47.6 Å². The number of allylic oxidation sites excluding steroid dienone is 2. The molecule has 2 saturated heterocycles. The Hall–Kier alpha value is -1.98. The lowest BCUT2D eigenvalue weighted by Gasteiger charge is -2.71. The summed E-state index contributed by atoms with van der Waals surface area (Å²) in [5.41, 5.74) is -6.87. The number of amides is 1. The Labute approximate surface area is 402 Å². The number of nitrogens with zero attached hydrogens (tertiary/aromatic N) is 1. The molecule has 1 amide bonds. The molecule has 1 aromatic rings. The third kappa shape index (κ3) is 6.16. The van der Waals surface area contributed by atoms with E-state index < -0.39 is 80.3 Å². The summed E-state index contributed by atoms with van der Waals surface area (Å²) < 4.78 is 6.52. The van der Waals surface area contributed by atoms with Gasteiger partial charge in [-0.15, -0.1) is 0 Å². The van der Waals surface area contributed by atoms with Crippen molar-refractivity contribution in [1.82, 2.24) is 0 Å². The van der Waals surface area contributed by atoms with Crippen LogP contribution in [0.5, 0.6) is 5.75 Å². The normalized spacial score (nSPS) is 49.3. The van der Waals surface area contributed by atoms with Gasteiger partial charge in [0.25, 0.3) is 0 Å². The van der Waals surface area contributed by atoms with Crippen LogP contribution in [0.3, 0.4) is 0 Å². The number of epoxide rings is 1. The van der Waals surface area contributed by atoms with Gasteiger partial charge >= 0.3 is 0 Å². The van der Waals surface area contributed by atoms with Gasteiger partial charge in [0.15, 0.2) is 5.78 Å². The maximum absolute atomic E-state index is 15.9. The fraction of sp³-hybridized carbons (Fsp3) is 0.774. The monoisotopic (exact) mass is 963 g/mol. The zero-order valence-corrected chi connectivity index (χ0v) is 41.0. The summed E-state index contributed by atoms with van der Waals surface area (Å²) in [7, 11) is 2.98. The summed E-state index contributed by atoms with van der Waals surface area (Å²) in [6, 6.07) is 5.33. The number of aryl methyl sites for hydroxylation is 1. The highest BCUT2D eigenvalue weighted by atomic mass is 33.1. The first-order valence-electron chi connectivity index (χ1n) is 25.7. The van der Waals surface area contributed by atoms with Crippen LogP contribution in [0, 0.1) is 69.0 Å². The number of anilines is 1. The van der Waals surface area contributed by atoms with Gasteiger partial charge in [0.05, 0.1) is 41.9 Å². The van der Waals surface area contributed by atoms with E-state index in [0.29, 0.717) is 101 Å². The van der Waals surface area contributed by atoms with E-state index in [1.165, 1.54) is 21.6 Å². The van der Waals surface area contributed by atoms with Crippen LogP contribution < -0.4 is 4.90 Å². The number of ether oxygens (including phenoxy) is 1.